The van der Waals surface area contributed by atoms with E-state index in [1.54, 1.807) is 13.3 Å². The van der Waals surface area contributed by atoms with E-state index in [0.717, 1.165) is 16.9 Å². The Hall–Kier alpha value is -2.07. The van der Waals surface area contributed by atoms with Crippen molar-refractivity contribution in [2.45, 2.75) is 13.5 Å². The Bertz CT molecular complexity index is 541. The average Bonchev–Trinajstić information content (AvgIpc) is 2.41. The normalized spacial score (nSPS) is 10.2. The summed E-state index contributed by atoms with van der Waals surface area (Å²) in [5.41, 5.74) is 7.51. The predicted molar refractivity (Wildman–Crippen MR) is 69.9 cm³/mol. The van der Waals surface area contributed by atoms with Crippen LogP contribution < -0.4 is 15.2 Å². The smallest absolute Gasteiger partial charge is 0.222 e. The lowest BCUT2D eigenvalue weighted by Gasteiger charge is -2.09. The Labute approximate surface area is 106 Å². The zero-order chi connectivity index (χ0) is 13.0. The summed E-state index contributed by atoms with van der Waals surface area (Å²) in [6, 6.07) is 9.39. The first-order valence-corrected chi connectivity index (χ1v) is 5.70. The highest BCUT2D eigenvalue weighted by molar-refractivity contribution is 5.37. The van der Waals surface area contributed by atoms with Gasteiger partial charge in [0.05, 0.1) is 7.11 Å². The summed E-state index contributed by atoms with van der Waals surface area (Å²) < 4.78 is 10.9. The van der Waals surface area contributed by atoms with E-state index in [-0.39, 0.29) is 0 Å². The Morgan fingerprint density at radius 1 is 1.22 bits per heavy atom. The highest BCUT2D eigenvalue weighted by atomic mass is 16.5. The molecular weight excluding hydrogens is 228 g/mol. The van der Waals surface area contributed by atoms with Crippen LogP contribution in [0.4, 0.5) is 0 Å². The van der Waals surface area contributed by atoms with Crippen molar-refractivity contribution in [3.05, 3.63) is 47.7 Å². The molecule has 0 bridgehead atoms. The van der Waals surface area contributed by atoms with Crippen LogP contribution >= 0.6 is 0 Å². The molecule has 2 aromatic rings. The summed E-state index contributed by atoms with van der Waals surface area (Å²) in [7, 11) is 1.62. The van der Waals surface area contributed by atoms with E-state index in [1.807, 2.05) is 37.3 Å². The molecule has 4 heteroatoms. The second-order valence-corrected chi connectivity index (χ2v) is 3.95. The summed E-state index contributed by atoms with van der Waals surface area (Å²) in [6.07, 6.45) is 1.72. The molecule has 2 rings (SSSR count). The van der Waals surface area contributed by atoms with Crippen molar-refractivity contribution in [2.75, 3.05) is 7.11 Å². The van der Waals surface area contributed by atoms with Gasteiger partial charge in [0.1, 0.15) is 11.5 Å². The molecule has 0 aliphatic rings. The van der Waals surface area contributed by atoms with Crippen LogP contribution in [0.1, 0.15) is 11.1 Å². The SMILES string of the molecule is COc1cccc(Oc2ncc(CN)cc2C)c1. The second-order valence-electron chi connectivity index (χ2n) is 3.95. The second kappa shape index (κ2) is 5.51. The Balaban J connectivity index is 2.22. The molecule has 0 aliphatic carbocycles. The van der Waals surface area contributed by atoms with Crippen LogP contribution in [-0.2, 0) is 6.54 Å². The van der Waals surface area contributed by atoms with E-state index in [4.69, 9.17) is 15.2 Å². The first kappa shape index (κ1) is 12.4. The number of nitrogens with zero attached hydrogens (tertiary/aromatic N) is 1. The molecule has 0 amide bonds. The molecule has 94 valence electrons. The Morgan fingerprint density at radius 3 is 2.67 bits per heavy atom. The molecule has 0 spiro atoms. The molecule has 0 atom stereocenters. The lowest BCUT2D eigenvalue weighted by molar-refractivity contribution is 0.407. The largest absolute Gasteiger partial charge is 0.497 e. The van der Waals surface area contributed by atoms with Gasteiger partial charge in [0.25, 0.3) is 0 Å². The third-order valence-electron chi connectivity index (χ3n) is 2.58. The highest BCUT2D eigenvalue weighted by Gasteiger charge is 2.05. The van der Waals surface area contributed by atoms with Gasteiger partial charge in [-0.05, 0) is 30.7 Å². The molecule has 1 aromatic heterocycles. The maximum atomic E-state index is 5.72. The van der Waals surface area contributed by atoms with Gasteiger partial charge in [-0.2, -0.15) is 0 Å². The lowest BCUT2D eigenvalue weighted by Crippen LogP contribution is -1.99. The van der Waals surface area contributed by atoms with E-state index in [0.29, 0.717) is 18.2 Å². The van der Waals surface area contributed by atoms with Gasteiger partial charge in [-0.1, -0.05) is 6.07 Å². The Kier molecular flexibility index (Phi) is 3.79. The first-order chi connectivity index (χ1) is 8.72. The van der Waals surface area contributed by atoms with Gasteiger partial charge in [-0.25, -0.2) is 4.98 Å². The zero-order valence-electron chi connectivity index (χ0n) is 10.5. The average molecular weight is 244 g/mol. The summed E-state index contributed by atoms with van der Waals surface area (Å²) in [6.45, 7) is 2.43. The third-order valence-corrected chi connectivity index (χ3v) is 2.58. The van der Waals surface area contributed by atoms with Crippen molar-refractivity contribution < 1.29 is 9.47 Å². The van der Waals surface area contributed by atoms with Gasteiger partial charge in [0.2, 0.25) is 5.88 Å². The van der Waals surface area contributed by atoms with Crippen LogP contribution in [0, 0.1) is 6.92 Å². The monoisotopic (exact) mass is 244 g/mol. The maximum Gasteiger partial charge on any atom is 0.222 e. The fourth-order valence-electron chi connectivity index (χ4n) is 1.62. The fraction of sp³-hybridized carbons (Fsp3) is 0.214. The van der Waals surface area contributed by atoms with E-state index in [2.05, 4.69) is 4.98 Å². The van der Waals surface area contributed by atoms with Gasteiger partial charge in [-0.3, -0.25) is 0 Å². The van der Waals surface area contributed by atoms with Crippen molar-refractivity contribution >= 4 is 0 Å². The van der Waals surface area contributed by atoms with Gasteiger partial charge in [-0.15, -0.1) is 0 Å². The molecule has 1 heterocycles. The van der Waals surface area contributed by atoms with Crippen molar-refractivity contribution in [1.29, 1.82) is 0 Å². The number of methoxy groups -OCH3 is 1. The number of nitrogens with two attached hydrogens (primary N) is 1. The Morgan fingerprint density at radius 2 is 2.00 bits per heavy atom. The third kappa shape index (κ3) is 2.78. The number of aromatic nitrogens is 1. The molecule has 0 aliphatic heterocycles. The molecule has 1 aromatic carbocycles. The van der Waals surface area contributed by atoms with Crippen LogP contribution in [0.15, 0.2) is 36.5 Å². The fourth-order valence-corrected chi connectivity index (χ4v) is 1.62. The summed E-state index contributed by atoms with van der Waals surface area (Å²) in [5, 5.41) is 0. The molecule has 2 N–H and O–H groups in total. The summed E-state index contributed by atoms with van der Waals surface area (Å²) in [5.74, 6) is 2.04. The van der Waals surface area contributed by atoms with Crippen molar-refractivity contribution in [3.8, 4) is 17.4 Å². The van der Waals surface area contributed by atoms with Crippen molar-refractivity contribution in [2.24, 2.45) is 5.73 Å². The summed E-state index contributed by atoms with van der Waals surface area (Å²) >= 11 is 0. The molecule has 0 saturated carbocycles. The topological polar surface area (TPSA) is 57.4 Å². The molecular formula is C14H16N2O2. The van der Waals surface area contributed by atoms with Crippen LogP contribution in [-0.4, -0.2) is 12.1 Å². The molecule has 0 fully saturated rings. The van der Waals surface area contributed by atoms with Crippen LogP contribution in [0.5, 0.6) is 17.4 Å². The van der Waals surface area contributed by atoms with E-state index in [1.165, 1.54) is 0 Å². The molecule has 4 nitrogen and oxygen atoms in total. The zero-order valence-corrected chi connectivity index (χ0v) is 10.5. The number of ether oxygens (including phenoxy) is 2. The molecule has 18 heavy (non-hydrogen) atoms. The van der Waals surface area contributed by atoms with Crippen molar-refractivity contribution in [1.82, 2.24) is 4.98 Å². The number of pyridine rings is 1. The minimum atomic E-state index is 0.479. The number of benzene rings is 1. The summed E-state index contributed by atoms with van der Waals surface area (Å²) in [4.78, 5) is 4.26. The van der Waals surface area contributed by atoms with E-state index in [9.17, 15) is 0 Å². The van der Waals surface area contributed by atoms with E-state index < -0.39 is 0 Å². The maximum absolute atomic E-state index is 5.72. The lowest BCUT2D eigenvalue weighted by atomic mass is 10.2. The first-order valence-electron chi connectivity index (χ1n) is 5.70. The van der Waals surface area contributed by atoms with Gasteiger partial charge < -0.3 is 15.2 Å². The van der Waals surface area contributed by atoms with Gasteiger partial charge >= 0.3 is 0 Å². The van der Waals surface area contributed by atoms with Crippen LogP contribution in [0.2, 0.25) is 0 Å². The van der Waals surface area contributed by atoms with Crippen LogP contribution in [0.25, 0.3) is 0 Å². The van der Waals surface area contributed by atoms with Gasteiger partial charge in [0, 0.05) is 24.4 Å². The number of hydrogen-bond acceptors (Lipinski definition) is 4. The minimum absolute atomic E-state index is 0.479. The van der Waals surface area contributed by atoms with E-state index >= 15 is 0 Å². The van der Waals surface area contributed by atoms with Crippen molar-refractivity contribution in [3.63, 3.8) is 0 Å². The predicted octanol–water partition coefficient (Wildman–Crippen LogP) is 2.65. The van der Waals surface area contributed by atoms with Gasteiger partial charge in [0.15, 0.2) is 0 Å². The number of hydrogen-bond donors (Lipinski definition) is 1. The standard InChI is InChI=1S/C14H16N2O2/c1-10-6-11(8-15)9-16-14(10)18-13-5-3-4-12(7-13)17-2/h3-7,9H,8,15H2,1-2H3. The van der Waals surface area contributed by atoms with Crippen LogP contribution in [0.3, 0.4) is 0 Å². The molecule has 0 radical (unpaired) electrons. The number of aryl methyl sites for hydroxylation is 1. The molecule has 0 saturated heterocycles. The highest BCUT2D eigenvalue weighted by Crippen LogP contribution is 2.26. The quantitative estimate of drug-likeness (QED) is 0.898. The molecule has 0 unspecified atom stereocenters. The number of rotatable bonds is 4. The minimum Gasteiger partial charge on any atom is -0.497 e.